The van der Waals surface area contributed by atoms with Gasteiger partial charge in [-0.2, -0.15) is 4.98 Å². The zero-order valence-electron chi connectivity index (χ0n) is 13.3. The largest absolute Gasteiger partial charge is 0.428 e. The number of amides is 1. The van der Waals surface area contributed by atoms with E-state index in [4.69, 9.17) is 10.2 Å². The van der Waals surface area contributed by atoms with E-state index in [2.05, 4.69) is 20.9 Å². The number of carbonyl (C=O) groups is 1. The number of benzene rings is 2. The molecule has 0 aliphatic carbocycles. The van der Waals surface area contributed by atoms with E-state index in [0.717, 1.165) is 16.2 Å². The summed E-state index contributed by atoms with van der Waals surface area (Å²) in [7, 11) is -3.92. The Hall–Kier alpha value is -2.10. The van der Waals surface area contributed by atoms with Gasteiger partial charge in [0.05, 0.1) is 10.6 Å². The van der Waals surface area contributed by atoms with E-state index < -0.39 is 15.7 Å². The summed E-state index contributed by atoms with van der Waals surface area (Å²) >= 11 is 4.18. The topological polar surface area (TPSA) is 103 Å². The van der Waals surface area contributed by atoms with Crippen LogP contribution in [0.25, 0.3) is 11.5 Å². The number of aromatic nitrogens is 1. The first-order chi connectivity index (χ1) is 12.4. The molecule has 6 nitrogen and oxygen atoms in total. The number of sulfone groups is 1. The van der Waals surface area contributed by atoms with E-state index in [9.17, 15) is 13.2 Å². The van der Waals surface area contributed by atoms with Crippen LogP contribution in [0.1, 0.15) is 0 Å². The van der Waals surface area contributed by atoms with E-state index >= 15 is 0 Å². The van der Waals surface area contributed by atoms with Gasteiger partial charge in [-0.3, -0.25) is 4.79 Å². The van der Waals surface area contributed by atoms with E-state index in [1.807, 2.05) is 6.07 Å². The number of hydrogen-bond donors (Lipinski definition) is 1. The van der Waals surface area contributed by atoms with Gasteiger partial charge in [0.1, 0.15) is 0 Å². The second-order valence-electron chi connectivity index (χ2n) is 5.19. The first-order valence-corrected chi connectivity index (χ1v) is 10.6. The van der Waals surface area contributed by atoms with Crippen LogP contribution in [0.3, 0.4) is 0 Å². The third kappa shape index (κ3) is 4.00. The number of carbonyl (C=O) groups excluding carboxylic acids is 1. The van der Waals surface area contributed by atoms with Crippen molar-refractivity contribution in [3.63, 3.8) is 0 Å². The van der Waals surface area contributed by atoms with Gasteiger partial charge in [0.15, 0.2) is 0 Å². The summed E-state index contributed by atoms with van der Waals surface area (Å²) in [5.41, 5.74) is 5.80. The number of thioether (sulfide) groups is 1. The molecule has 0 bridgehead atoms. The zero-order chi connectivity index (χ0) is 18.7. The average Bonchev–Trinajstić information content (AvgIpc) is 3.06. The summed E-state index contributed by atoms with van der Waals surface area (Å²) in [5, 5.41) is -0.199. The number of primary amides is 1. The molecule has 2 N–H and O–H groups in total. The van der Waals surface area contributed by atoms with Gasteiger partial charge in [0.2, 0.25) is 31.8 Å². The van der Waals surface area contributed by atoms with Crippen molar-refractivity contribution < 1.29 is 17.6 Å². The molecule has 2 aromatic carbocycles. The lowest BCUT2D eigenvalue weighted by molar-refractivity contribution is -0.115. The van der Waals surface area contributed by atoms with Crippen LogP contribution in [0.2, 0.25) is 0 Å². The van der Waals surface area contributed by atoms with Crippen LogP contribution in [0.4, 0.5) is 0 Å². The molecule has 1 amide bonds. The van der Waals surface area contributed by atoms with Crippen molar-refractivity contribution in [1.82, 2.24) is 4.98 Å². The highest BCUT2D eigenvalue weighted by atomic mass is 79.9. The highest BCUT2D eigenvalue weighted by molar-refractivity contribution is 9.10. The van der Waals surface area contributed by atoms with Crippen molar-refractivity contribution in [2.45, 2.75) is 15.0 Å². The molecule has 26 heavy (non-hydrogen) atoms. The minimum atomic E-state index is -3.92. The summed E-state index contributed by atoms with van der Waals surface area (Å²) < 4.78 is 32.4. The quantitative estimate of drug-likeness (QED) is 0.573. The van der Waals surface area contributed by atoms with Gasteiger partial charge in [0.25, 0.3) is 0 Å². The minimum absolute atomic E-state index is 0.0329. The van der Waals surface area contributed by atoms with Crippen LogP contribution in [-0.4, -0.2) is 25.1 Å². The van der Waals surface area contributed by atoms with Gasteiger partial charge >= 0.3 is 0 Å². The molecule has 0 saturated heterocycles. The third-order valence-electron chi connectivity index (χ3n) is 3.31. The predicted molar refractivity (Wildman–Crippen MR) is 101 cm³/mol. The smallest absolute Gasteiger partial charge is 0.228 e. The fraction of sp³-hybridized carbons (Fsp3) is 0.0588. The molecule has 1 heterocycles. The zero-order valence-corrected chi connectivity index (χ0v) is 16.5. The van der Waals surface area contributed by atoms with E-state index in [1.54, 1.807) is 36.4 Å². The summed E-state index contributed by atoms with van der Waals surface area (Å²) in [6.07, 6.45) is 0. The molecule has 3 aromatic rings. The molecular formula is C17H13BrN2O4S2. The Kier molecular flexibility index (Phi) is 5.49. The molecule has 3 rings (SSSR count). The molecular weight excluding hydrogens is 440 g/mol. The molecule has 0 spiro atoms. The lowest BCUT2D eigenvalue weighted by atomic mass is 10.2. The minimum Gasteiger partial charge on any atom is -0.428 e. The lowest BCUT2D eigenvalue weighted by Gasteiger charge is -2.03. The van der Waals surface area contributed by atoms with Crippen molar-refractivity contribution in [1.29, 1.82) is 0 Å². The molecule has 0 fully saturated rings. The number of halogens is 1. The molecule has 0 unspecified atom stereocenters. The Labute approximate surface area is 162 Å². The van der Waals surface area contributed by atoms with Crippen LogP contribution in [0, 0.1) is 0 Å². The molecule has 9 heteroatoms. The molecule has 0 atom stereocenters. The molecule has 134 valence electrons. The van der Waals surface area contributed by atoms with Crippen molar-refractivity contribution in [2.75, 3.05) is 5.75 Å². The Morgan fingerprint density at radius 2 is 1.77 bits per heavy atom. The first kappa shape index (κ1) is 18.7. The monoisotopic (exact) mass is 452 g/mol. The summed E-state index contributed by atoms with van der Waals surface area (Å²) in [4.78, 5) is 15.4. The van der Waals surface area contributed by atoms with E-state index in [-0.39, 0.29) is 26.7 Å². The highest BCUT2D eigenvalue weighted by Crippen LogP contribution is 2.34. The molecule has 1 aromatic heterocycles. The van der Waals surface area contributed by atoms with Crippen molar-refractivity contribution in [3.8, 4) is 11.5 Å². The van der Waals surface area contributed by atoms with Crippen LogP contribution in [0.5, 0.6) is 0 Å². The van der Waals surface area contributed by atoms with Crippen LogP contribution in [0.15, 0.2) is 78.5 Å². The average molecular weight is 453 g/mol. The number of hydrogen-bond acceptors (Lipinski definition) is 6. The number of nitrogens with zero attached hydrogens (tertiary/aromatic N) is 1. The summed E-state index contributed by atoms with van der Waals surface area (Å²) in [6.45, 7) is 0. The predicted octanol–water partition coefficient (Wildman–Crippen LogP) is 3.51. The van der Waals surface area contributed by atoms with Gasteiger partial charge in [-0.15, -0.1) is 0 Å². The second-order valence-corrected chi connectivity index (χ2v) is 8.92. The van der Waals surface area contributed by atoms with Gasteiger partial charge < -0.3 is 10.2 Å². The maximum absolute atomic E-state index is 13.0. The SMILES string of the molecule is NC(=O)CSc1oc(-c2ccccc2)nc1S(=O)(=O)c1ccc(Br)cc1. The Bertz CT molecular complexity index is 1030. The Morgan fingerprint density at radius 3 is 2.38 bits per heavy atom. The highest BCUT2D eigenvalue weighted by Gasteiger charge is 2.29. The van der Waals surface area contributed by atoms with Crippen LogP contribution in [-0.2, 0) is 14.6 Å². The van der Waals surface area contributed by atoms with E-state index in [1.165, 1.54) is 12.1 Å². The van der Waals surface area contributed by atoms with Crippen molar-refractivity contribution in [3.05, 3.63) is 59.1 Å². The fourth-order valence-electron chi connectivity index (χ4n) is 2.12. The maximum atomic E-state index is 13.0. The standard InChI is InChI=1S/C17H13BrN2O4S2/c18-12-6-8-13(9-7-12)26(22,23)16-17(25-10-14(19)21)24-15(20-16)11-4-2-1-3-5-11/h1-9H,10H2,(H2,19,21). The number of rotatable bonds is 6. The normalized spacial score (nSPS) is 11.4. The Morgan fingerprint density at radius 1 is 1.12 bits per heavy atom. The van der Waals surface area contributed by atoms with Crippen LogP contribution >= 0.6 is 27.7 Å². The maximum Gasteiger partial charge on any atom is 0.228 e. The molecule has 0 aliphatic rings. The molecule has 0 saturated carbocycles. The molecule has 0 radical (unpaired) electrons. The lowest BCUT2D eigenvalue weighted by Crippen LogP contribution is -2.13. The van der Waals surface area contributed by atoms with Gasteiger partial charge in [-0.05, 0) is 36.4 Å². The van der Waals surface area contributed by atoms with Gasteiger partial charge in [0, 0.05) is 10.0 Å². The Balaban J connectivity index is 2.10. The second kappa shape index (κ2) is 7.65. The fourth-order valence-corrected chi connectivity index (χ4v) is 4.65. The van der Waals surface area contributed by atoms with Gasteiger partial charge in [-0.25, -0.2) is 8.42 Å². The molecule has 0 aliphatic heterocycles. The first-order valence-electron chi connectivity index (χ1n) is 7.36. The third-order valence-corrected chi connectivity index (χ3v) is 6.62. The van der Waals surface area contributed by atoms with E-state index in [0.29, 0.717) is 5.56 Å². The van der Waals surface area contributed by atoms with Crippen molar-refractivity contribution >= 4 is 43.4 Å². The van der Waals surface area contributed by atoms with Crippen LogP contribution < -0.4 is 5.73 Å². The summed E-state index contributed by atoms with van der Waals surface area (Å²) in [6, 6.07) is 15.1. The number of nitrogens with two attached hydrogens (primary N) is 1. The van der Waals surface area contributed by atoms with Gasteiger partial charge in [-0.1, -0.05) is 45.9 Å². The summed E-state index contributed by atoms with van der Waals surface area (Å²) in [5.74, 6) is -0.542. The number of oxazole rings is 1. The van der Waals surface area contributed by atoms with Crippen molar-refractivity contribution in [2.24, 2.45) is 5.73 Å².